The highest BCUT2D eigenvalue weighted by Gasteiger charge is 2.61. The third-order valence-corrected chi connectivity index (χ3v) is 10.8. The third kappa shape index (κ3) is 8.13. The quantitative estimate of drug-likeness (QED) is 0.215. The smallest absolute Gasteiger partial charge is 0.329 e. The molecule has 1 aliphatic carbocycles. The third-order valence-electron chi connectivity index (χ3n) is 8.89. The Balaban J connectivity index is 1.52. The van der Waals surface area contributed by atoms with Crippen LogP contribution in [0.2, 0.25) is 0 Å². The number of hydrogen-bond donors (Lipinski definition) is 4. The lowest BCUT2D eigenvalue weighted by Crippen LogP contribution is -2.56. The minimum absolute atomic E-state index is 0.0942. The molecule has 2 unspecified atom stereocenters. The largest absolute Gasteiger partial charge is 0.479 e. The lowest BCUT2D eigenvalue weighted by Gasteiger charge is -2.34. The SMILES string of the molecule is CCCCCCCC1C[C@]1(NC(=O)[C@@H]1CCCN1C(=O)CNC(=O)NC(CN1CCN(C)S1(=O)=O)C(C)(C)C)C(=O)O. The first-order valence-electron chi connectivity index (χ1n) is 15.2. The average molecular weight is 615 g/mol. The highest BCUT2D eigenvalue weighted by atomic mass is 32.2. The molecule has 3 rings (SSSR count). The van der Waals surface area contributed by atoms with Crippen LogP contribution in [-0.4, -0.2) is 108 Å². The highest BCUT2D eigenvalue weighted by molar-refractivity contribution is 7.87. The molecule has 2 heterocycles. The number of carbonyl (C=O) groups is 4. The number of urea groups is 1. The van der Waals surface area contributed by atoms with Crippen LogP contribution in [0, 0.1) is 11.3 Å². The number of rotatable bonds is 14. The molecule has 0 spiro atoms. The molecule has 3 aliphatic rings. The van der Waals surface area contributed by atoms with Gasteiger partial charge >= 0.3 is 12.0 Å². The predicted octanol–water partition coefficient (Wildman–Crippen LogP) is 1.50. The maximum absolute atomic E-state index is 13.2. The Hall–Kier alpha value is -2.45. The van der Waals surface area contributed by atoms with Gasteiger partial charge in [0, 0.05) is 39.3 Å². The number of carbonyl (C=O) groups excluding carboxylic acids is 3. The second-order valence-electron chi connectivity index (χ2n) is 13.0. The molecule has 14 heteroatoms. The maximum Gasteiger partial charge on any atom is 0.329 e. The Kier molecular flexibility index (Phi) is 11.3. The van der Waals surface area contributed by atoms with Gasteiger partial charge in [0.05, 0.1) is 6.54 Å². The van der Waals surface area contributed by atoms with Crippen LogP contribution < -0.4 is 16.0 Å². The number of unbranched alkanes of at least 4 members (excludes halogenated alkanes) is 4. The number of likely N-dealkylation sites (N-methyl/N-ethyl adjacent to an activating group) is 1. The molecule has 1 saturated carbocycles. The van der Waals surface area contributed by atoms with Gasteiger partial charge in [-0.2, -0.15) is 17.0 Å². The number of carboxylic acids is 1. The van der Waals surface area contributed by atoms with Gasteiger partial charge in [-0.1, -0.05) is 59.8 Å². The van der Waals surface area contributed by atoms with E-state index in [1.807, 2.05) is 20.8 Å². The maximum atomic E-state index is 13.2. The summed E-state index contributed by atoms with van der Waals surface area (Å²) in [6.07, 6.45) is 7.56. The van der Waals surface area contributed by atoms with E-state index >= 15 is 0 Å². The average Bonchev–Trinajstić information content (AvgIpc) is 3.25. The topological polar surface area (TPSA) is 168 Å². The van der Waals surface area contributed by atoms with E-state index < -0.39 is 57.1 Å². The minimum atomic E-state index is -3.57. The number of carboxylic acid groups (broad SMARTS) is 1. The first-order valence-corrected chi connectivity index (χ1v) is 16.6. The molecule has 42 heavy (non-hydrogen) atoms. The van der Waals surface area contributed by atoms with Gasteiger partial charge in [-0.15, -0.1) is 0 Å². The van der Waals surface area contributed by atoms with Crippen LogP contribution in [0.25, 0.3) is 0 Å². The lowest BCUT2D eigenvalue weighted by atomic mass is 9.86. The highest BCUT2D eigenvalue weighted by Crippen LogP contribution is 2.47. The first-order chi connectivity index (χ1) is 19.6. The van der Waals surface area contributed by atoms with Crippen molar-refractivity contribution in [1.29, 1.82) is 0 Å². The van der Waals surface area contributed by atoms with Crippen LogP contribution in [0.15, 0.2) is 0 Å². The molecule has 0 aromatic heterocycles. The molecule has 4 N–H and O–H groups in total. The fraction of sp³-hybridized carbons (Fsp3) is 0.857. The van der Waals surface area contributed by atoms with Gasteiger partial charge in [0.15, 0.2) is 0 Å². The monoisotopic (exact) mass is 614 g/mol. The molecule has 4 atom stereocenters. The van der Waals surface area contributed by atoms with E-state index in [0.717, 1.165) is 38.5 Å². The Bertz CT molecular complexity index is 1110. The molecule has 0 aromatic rings. The van der Waals surface area contributed by atoms with Crippen molar-refractivity contribution in [2.24, 2.45) is 11.3 Å². The molecule has 240 valence electrons. The van der Waals surface area contributed by atoms with Gasteiger partial charge in [-0.25, -0.2) is 9.59 Å². The van der Waals surface area contributed by atoms with Crippen molar-refractivity contribution in [1.82, 2.24) is 29.5 Å². The number of likely N-dealkylation sites (tertiary alicyclic amines) is 1. The van der Waals surface area contributed by atoms with Gasteiger partial charge in [0.1, 0.15) is 11.6 Å². The van der Waals surface area contributed by atoms with Crippen LogP contribution in [0.5, 0.6) is 0 Å². The Morgan fingerprint density at radius 2 is 1.74 bits per heavy atom. The van der Waals surface area contributed by atoms with Crippen LogP contribution >= 0.6 is 0 Å². The molecular weight excluding hydrogens is 564 g/mol. The fourth-order valence-corrected chi connectivity index (χ4v) is 7.21. The van der Waals surface area contributed by atoms with Gasteiger partial charge in [-0.05, 0) is 37.0 Å². The standard InChI is InChI=1S/C28H50N6O7S/c1-6-7-8-9-10-12-20-17-28(20,25(37)38)31-24(36)21-13-11-14-34(21)23(35)18-29-26(39)30-22(27(2,3)4)19-33-16-15-32(5)42(33,40)41/h20-22H,6-19H2,1-5H3,(H,31,36)(H,37,38)(H2,29,30,39)/t20?,21-,22?,28+/m0/s1. The van der Waals surface area contributed by atoms with Crippen molar-refractivity contribution in [2.45, 2.75) is 103 Å². The number of aliphatic carboxylic acids is 1. The first kappa shape index (κ1) is 34.0. The van der Waals surface area contributed by atoms with Crippen molar-refractivity contribution in [3.8, 4) is 0 Å². The fourth-order valence-electron chi connectivity index (χ4n) is 5.85. The molecule has 13 nitrogen and oxygen atoms in total. The van der Waals surface area contributed by atoms with Crippen LogP contribution in [0.3, 0.4) is 0 Å². The van der Waals surface area contributed by atoms with Crippen LogP contribution in [0.1, 0.15) is 85.5 Å². The van der Waals surface area contributed by atoms with E-state index in [1.54, 1.807) is 0 Å². The zero-order valence-electron chi connectivity index (χ0n) is 25.8. The number of nitrogens with zero attached hydrogens (tertiary/aromatic N) is 3. The van der Waals surface area contributed by atoms with E-state index in [-0.39, 0.29) is 19.0 Å². The molecule has 2 aliphatic heterocycles. The van der Waals surface area contributed by atoms with Crippen molar-refractivity contribution in [3.05, 3.63) is 0 Å². The Morgan fingerprint density at radius 3 is 2.33 bits per heavy atom. The van der Waals surface area contributed by atoms with E-state index in [2.05, 4.69) is 22.9 Å². The summed E-state index contributed by atoms with van der Waals surface area (Å²) in [5, 5.41) is 18.0. The van der Waals surface area contributed by atoms with Gasteiger partial charge < -0.3 is 26.0 Å². The summed E-state index contributed by atoms with van der Waals surface area (Å²) < 4.78 is 27.7. The van der Waals surface area contributed by atoms with Crippen molar-refractivity contribution in [3.63, 3.8) is 0 Å². The molecule has 2 saturated heterocycles. The molecule has 3 fully saturated rings. The van der Waals surface area contributed by atoms with Crippen molar-refractivity contribution in [2.75, 3.05) is 39.8 Å². The zero-order valence-corrected chi connectivity index (χ0v) is 26.6. The van der Waals surface area contributed by atoms with Gasteiger partial charge in [0.2, 0.25) is 11.8 Å². The van der Waals surface area contributed by atoms with Gasteiger partial charge in [-0.3, -0.25) is 9.59 Å². The second kappa shape index (κ2) is 13.9. The Labute approximate surface area is 250 Å². The van der Waals surface area contributed by atoms with Crippen LogP contribution in [0.4, 0.5) is 4.79 Å². The van der Waals surface area contributed by atoms with Crippen molar-refractivity contribution >= 4 is 34.0 Å². The summed E-state index contributed by atoms with van der Waals surface area (Å²) in [4.78, 5) is 52.5. The van der Waals surface area contributed by atoms with Crippen molar-refractivity contribution < 1.29 is 32.7 Å². The van der Waals surface area contributed by atoms with E-state index in [1.165, 1.54) is 20.6 Å². The number of nitrogens with one attached hydrogen (secondary N) is 3. The molecule has 4 amide bonds. The predicted molar refractivity (Wildman–Crippen MR) is 158 cm³/mol. The summed E-state index contributed by atoms with van der Waals surface area (Å²) in [5.74, 6) is -2.05. The van der Waals surface area contributed by atoms with Crippen LogP contribution in [-0.2, 0) is 24.6 Å². The van der Waals surface area contributed by atoms with E-state index in [0.29, 0.717) is 38.9 Å². The summed E-state index contributed by atoms with van der Waals surface area (Å²) in [6, 6.07) is -1.92. The zero-order chi connectivity index (χ0) is 31.3. The van der Waals surface area contributed by atoms with Gasteiger partial charge in [0.25, 0.3) is 10.2 Å². The molecule has 0 radical (unpaired) electrons. The second-order valence-corrected chi connectivity index (χ2v) is 15.1. The number of amides is 4. The van der Waals surface area contributed by atoms with E-state index in [4.69, 9.17) is 0 Å². The summed E-state index contributed by atoms with van der Waals surface area (Å²) in [7, 11) is -2.06. The summed E-state index contributed by atoms with van der Waals surface area (Å²) in [5.41, 5.74) is -1.73. The molecular formula is C28H50N6O7S. The molecule has 0 aromatic carbocycles. The minimum Gasteiger partial charge on any atom is -0.479 e. The molecule has 0 bridgehead atoms. The summed E-state index contributed by atoms with van der Waals surface area (Å²) in [6.45, 7) is 8.61. The Morgan fingerprint density at radius 1 is 1.05 bits per heavy atom. The number of hydrogen-bond acceptors (Lipinski definition) is 6. The lowest BCUT2D eigenvalue weighted by molar-refractivity contribution is -0.145. The normalized spacial score (nSPS) is 26.5. The summed E-state index contributed by atoms with van der Waals surface area (Å²) >= 11 is 0. The van der Waals surface area contributed by atoms with E-state index in [9.17, 15) is 32.7 Å².